The van der Waals surface area contributed by atoms with Crippen LogP contribution in [-0.2, 0) is 9.22 Å². The molecule has 0 N–H and O–H groups in total. The highest BCUT2D eigenvalue weighted by molar-refractivity contribution is 6.70. The molecule has 0 spiro atoms. The van der Waals surface area contributed by atoms with Gasteiger partial charge in [-0.2, -0.15) is 0 Å². The molecule has 0 aliphatic heterocycles. The first-order valence-corrected chi connectivity index (χ1v) is 9.26. The molecule has 0 amide bonds. The Labute approximate surface area is 113 Å². The number of hydrogen-bond donors (Lipinski definition) is 0. The van der Waals surface area contributed by atoms with Crippen LogP contribution in [0.4, 0.5) is 5.69 Å². The third-order valence-electron chi connectivity index (χ3n) is 2.12. The number of rotatable bonds is 5. The van der Waals surface area contributed by atoms with E-state index in [0.29, 0.717) is 5.56 Å². The predicted molar refractivity (Wildman–Crippen MR) is 76.2 cm³/mol. The molecule has 1 aromatic rings. The average Bonchev–Trinajstić information content (AvgIpc) is 2.25. The molecular formula is C13H17NO4Si. The molecule has 0 unspecified atom stereocenters. The standard InChI is InChI=1S/C13H17NO4Si/c1-10(15)9-13(18-19(2,3)4)11-7-5-6-8-12(11)14(16)17/h5-9H,1-4H3/b13-9+. The largest absolute Gasteiger partial charge is 0.544 e. The highest BCUT2D eigenvalue weighted by Crippen LogP contribution is 2.28. The van der Waals surface area contributed by atoms with E-state index in [-0.39, 0.29) is 17.2 Å². The molecule has 0 fully saturated rings. The Bertz CT molecular complexity index is 532. The fraction of sp³-hybridized carbons (Fsp3) is 0.308. The molecule has 1 aromatic carbocycles. The van der Waals surface area contributed by atoms with Gasteiger partial charge < -0.3 is 4.43 Å². The number of benzene rings is 1. The second-order valence-corrected chi connectivity index (χ2v) is 9.54. The molecule has 0 saturated heterocycles. The summed E-state index contributed by atoms with van der Waals surface area (Å²) in [6.45, 7) is 7.25. The molecular weight excluding hydrogens is 262 g/mol. The fourth-order valence-electron chi connectivity index (χ4n) is 1.52. The number of nitrogens with zero attached hydrogens (tertiary/aromatic N) is 1. The number of para-hydroxylation sites is 1. The van der Waals surface area contributed by atoms with E-state index in [9.17, 15) is 14.9 Å². The molecule has 0 aliphatic rings. The smallest absolute Gasteiger partial charge is 0.280 e. The van der Waals surface area contributed by atoms with Gasteiger partial charge in [0.05, 0.1) is 10.5 Å². The quantitative estimate of drug-likeness (QED) is 0.272. The molecule has 6 heteroatoms. The molecule has 0 heterocycles. The first-order chi connectivity index (χ1) is 8.70. The number of allylic oxidation sites excluding steroid dienone is 1. The Morgan fingerprint density at radius 2 is 1.89 bits per heavy atom. The van der Waals surface area contributed by atoms with Gasteiger partial charge in [0.1, 0.15) is 5.76 Å². The highest BCUT2D eigenvalue weighted by Gasteiger charge is 2.23. The maximum absolute atomic E-state index is 11.3. The van der Waals surface area contributed by atoms with Gasteiger partial charge in [-0.15, -0.1) is 0 Å². The second kappa shape index (κ2) is 5.79. The number of ketones is 1. The van der Waals surface area contributed by atoms with Crippen LogP contribution in [0.15, 0.2) is 30.3 Å². The lowest BCUT2D eigenvalue weighted by Gasteiger charge is -2.21. The van der Waals surface area contributed by atoms with Crippen molar-refractivity contribution >= 4 is 25.5 Å². The molecule has 1 rings (SSSR count). The minimum atomic E-state index is -1.97. The summed E-state index contributed by atoms with van der Waals surface area (Å²) in [4.78, 5) is 21.8. The molecule has 5 nitrogen and oxygen atoms in total. The van der Waals surface area contributed by atoms with E-state index in [2.05, 4.69) is 0 Å². The summed E-state index contributed by atoms with van der Waals surface area (Å²) in [5.41, 5.74) is 0.276. The van der Waals surface area contributed by atoms with Gasteiger partial charge in [-0.3, -0.25) is 14.9 Å². The molecule has 102 valence electrons. The monoisotopic (exact) mass is 279 g/mol. The van der Waals surface area contributed by atoms with E-state index in [1.807, 2.05) is 19.6 Å². The van der Waals surface area contributed by atoms with Gasteiger partial charge in [-0.05, 0) is 32.6 Å². The third-order valence-corrected chi connectivity index (χ3v) is 2.95. The van der Waals surface area contributed by atoms with Crippen molar-refractivity contribution in [3.05, 3.63) is 46.0 Å². The van der Waals surface area contributed by atoms with Crippen LogP contribution in [0.5, 0.6) is 0 Å². The van der Waals surface area contributed by atoms with Crippen molar-refractivity contribution in [1.29, 1.82) is 0 Å². The Hall–Kier alpha value is -1.95. The molecule has 19 heavy (non-hydrogen) atoms. The first-order valence-electron chi connectivity index (χ1n) is 5.86. The molecule has 0 saturated carbocycles. The maximum atomic E-state index is 11.3. The molecule has 0 bridgehead atoms. The van der Waals surface area contributed by atoms with Gasteiger partial charge >= 0.3 is 0 Å². The van der Waals surface area contributed by atoms with E-state index in [1.165, 1.54) is 19.1 Å². The van der Waals surface area contributed by atoms with Crippen LogP contribution in [0.2, 0.25) is 19.6 Å². The third kappa shape index (κ3) is 4.67. The Kier molecular flexibility index (Phi) is 4.60. The van der Waals surface area contributed by atoms with E-state index in [4.69, 9.17) is 4.43 Å². The summed E-state index contributed by atoms with van der Waals surface area (Å²) in [5, 5.41) is 11.0. The van der Waals surface area contributed by atoms with Crippen LogP contribution < -0.4 is 0 Å². The van der Waals surface area contributed by atoms with E-state index < -0.39 is 13.2 Å². The normalized spacial score (nSPS) is 12.1. The zero-order chi connectivity index (χ0) is 14.6. The van der Waals surface area contributed by atoms with Crippen LogP contribution in [0.25, 0.3) is 5.76 Å². The van der Waals surface area contributed by atoms with Gasteiger partial charge in [0.25, 0.3) is 5.69 Å². The van der Waals surface area contributed by atoms with Crippen LogP contribution in [-0.4, -0.2) is 19.0 Å². The van der Waals surface area contributed by atoms with Gasteiger partial charge in [0, 0.05) is 12.1 Å². The van der Waals surface area contributed by atoms with Crippen LogP contribution >= 0.6 is 0 Å². The summed E-state index contributed by atoms with van der Waals surface area (Å²) in [6.07, 6.45) is 1.31. The zero-order valence-electron chi connectivity index (χ0n) is 11.5. The zero-order valence-corrected chi connectivity index (χ0v) is 12.5. The number of carbonyl (C=O) groups excluding carboxylic acids is 1. The van der Waals surface area contributed by atoms with Crippen molar-refractivity contribution in [3.63, 3.8) is 0 Å². The Balaban J connectivity index is 3.34. The minimum Gasteiger partial charge on any atom is -0.544 e. The van der Waals surface area contributed by atoms with Gasteiger partial charge in [-0.25, -0.2) is 0 Å². The predicted octanol–water partition coefficient (Wildman–Crippen LogP) is 3.38. The van der Waals surface area contributed by atoms with Crippen molar-refractivity contribution < 1.29 is 14.1 Å². The maximum Gasteiger partial charge on any atom is 0.280 e. The van der Waals surface area contributed by atoms with Crippen LogP contribution in [0.1, 0.15) is 12.5 Å². The highest BCUT2D eigenvalue weighted by atomic mass is 28.4. The number of nitro groups is 1. The van der Waals surface area contributed by atoms with Gasteiger partial charge in [0.2, 0.25) is 8.32 Å². The Morgan fingerprint density at radius 3 is 2.37 bits per heavy atom. The molecule has 0 aliphatic carbocycles. The summed E-state index contributed by atoms with van der Waals surface area (Å²) >= 11 is 0. The van der Waals surface area contributed by atoms with E-state index in [0.717, 1.165) is 0 Å². The van der Waals surface area contributed by atoms with E-state index >= 15 is 0 Å². The Morgan fingerprint density at radius 1 is 1.32 bits per heavy atom. The topological polar surface area (TPSA) is 69.4 Å². The second-order valence-electron chi connectivity index (χ2n) is 5.11. The fourth-order valence-corrected chi connectivity index (χ4v) is 2.35. The van der Waals surface area contributed by atoms with Gasteiger partial charge in [-0.1, -0.05) is 12.1 Å². The molecule has 0 aromatic heterocycles. The minimum absolute atomic E-state index is 0.0618. The van der Waals surface area contributed by atoms with Crippen molar-refractivity contribution in [3.8, 4) is 0 Å². The van der Waals surface area contributed by atoms with Crippen LogP contribution in [0.3, 0.4) is 0 Å². The number of carbonyl (C=O) groups is 1. The average molecular weight is 279 g/mol. The summed E-state index contributed by atoms with van der Waals surface area (Å²) < 4.78 is 5.80. The number of nitro benzene ring substituents is 1. The van der Waals surface area contributed by atoms with Crippen LogP contribution in [0, 0.1) is 10.1 Å². The summed E-state index contributed by atoms with van der Waals surface area (Å²) in [6, 6.07) is 6.26. The van der Waals surface area contributed by atoms with E-state index in [1.54, 1.807) is 18.2 Å². The lowest BCUT2D eigenvalue weighted by molar-refractivity contribution is -0.385. The summed E-state index contributed by atoms with van der Waals surface area (Å²) in [5.74, 6) is 0.0744. The summed E-state index contributed by atoms with van der Waals surface area (Å²) in [7, 11) is -1.97. The van der Waals surface area contributed by atoms with Crippen molar-refractivity contribution in [2.75, 3.05) is 0 Å². The van der Waals surface area contributed by atoms with Gasteiger partial charge in [0.15, 0.2) is 5.78 Å². The lowest BCUT2D eigenvalue weighted by Crippen LogP contribution is -2.24. The van der Waals surface area contributed by atoms with Crippen molar-refractivity contribution in [2.24, 2.45) is 0 Å². The van der Waals surface area contributed by atoms with Crippen molar-refractivity contribution in [1.82, 2.24) is 0 Å². The first kappa shape index (κ1) is 15.1. The SMILES string of the molecule is CC(=O)/C=C(/O[Si](C)(C)C)c1ccccc1[N+](=O)[O-]. The van der Waals surface area contributed by atoms with Crippen molar-refractivity contribution in [2.45, 2.75) is 26.6 Å². The molecule has 0 radical (unpaired) electrons. The molecule has 0 atom stereocenters. The number of hydrogen-bond acceptors (Lipinski definition) is 4. The lowest BCUT2D eigenvalue weighted by atomic mass is 10.1.